The zero-order chi connectivity index (χ0) is 12.4. The van der Waals surface area contributed by atoms with Gasteiger partial charge in [-0.3, -0.25) is 10.1 Å². The molecule has 0 bridgehead atoms. The monoisotopic (exact) mass is 314 g/mol. The van der Waals surface area contributed by atoms with Crippen molar-refractivity contribution in [2.24, 2.45) is 0 Å². The summed E-state index contributed by atoms with van der Waals surface area (Å²) >= 11 is 4.24. The third-order valence-corrected chi connectivity index (χ3v) is 3.32. The van der Waals surface area contributed by atoms with E-state index in [4.69, 9.17) is 4.74 Å². The normalized spacial score (nSPS) is 10.2. The van der Waals surface area contributed by atoms with Gasteiger partial charge in [0, 0.05) is 4.47 Å². The Kier molecular flexibility index (Phi) is 3.39. The van der Waals surface area contributed by atoms with Crippen molar-refractivity contribution >= 4 is 32.3 Å². The molecular formula is C10H7BrN2O3S. The maximum absolute atomic E-state index is 10.5. The van der Waals surface area contributed by atoms with Gasteiger partial charge >= 0.3 is 5.00 Å². The molecule has 0 fully saturated rings. The first-order chi connectivity index (χ1) is 8.06. The standard InChI is InChI=1S/C10H7BrN2O3S/c1-6-2-3-7(11)4-8(6)16-10-12-5-9(17-10)13(14)15/h2-5H,1H3. The van der Waals surface area contributed by atoms with Crippen LogP contribution in [0.5, 0.6) is 10.9 Å². The molecule has 1 aromatic heterocycles. The SMILES string of the molecule is Cc1ccc(Br)cc1Oc1ncc([N+](=O)[O-])s1. The van der Waals surface area contributed by atoms with Crippen molar-refractivity contribution in [3.63, 3.8) is 0 Å². The fourth-order valence-corrected chi connectivity index (χ4v) is 2.10. The highest BCUT2D eigenvalue weighted by Crippen LogP contribution is 2.33. The molecule has 0 aliphatic rings. The Hall–Kier alpha value is -1.47. The average molecular weight is 315 g/mol. The summed E-state index contributed by atoms with van der Waals surface area (Å²) in [5, 5.41) is 10.7. The van der Waals surface area contributed by atoms with E-state index in [1.807, 2.05) is 19.1 Å². The Morgan fingerprint density at radius 1 is 1.53 bits per heavy atom. The van der Waals surface area contributed by atoms with E-state index in [1.165, 1.54) is 6.20 Å². The molecule has 1 heterocycles. The molecule has 0 amide bonds. The molecule has 0 radical (unpaired) electrons. The second-order valence-electron chi connectivity index (χ2n) is 3.23. The van der Waals surface area contributed by atoms with Crippen LogP contribution in [-0.4, -0.2) is 9.91 Å². The van der Waals surface area contributed by atoms with Gasteiger partial charge in [0.2, 0.25) is 0 Å². The number of hydrogen-bond acceptors (Lipinski definition) is 5. The van der Waals surface area contributed by atoms with Gasteiger partial charge in [-0.05, 0) is 36.0 Å². The molecule has 1 aromatic carbocycles. The maximum Gasteiger partial charge on any atom is 0.347 e. The first-order valence-corrected chi connectivity index (χ1v) is 6.21. The number of hydrogen-bond donors (Lipinski definition) is 0. The Morgan fingerprint density at radius 2 is 2.29 bits per heavy atom. The van der Waals surface area contributed by atoms with Crippen molar-refractivity contribution in [1.29, 1.82) is 0 Å². The van der Waals surface area contributed by atoms with Crippen molar-refractivity contribution in [2.75, 3.05) is 0 Å². The Balaban J connectivity index is 2.25. The minimum Gasteiger partial charge on any atom is -0.430 e. The van der Waals surface area contributed by atoms with Crippen LogP contribution in [0.2, 0.25) is 0 Å². The zero-order valence-electron chi connectivity index (χ0n) is 8.71. The molecule has 0 atom stereocenters. The fourth-order valence-electron chi connectivity index (χ4n) is 1.16. The molecular weight excluding hydrogens is 308 g/mol. The van der Waals surface area contributed by atoms with E-state index >= 15 is 0 Å². The number of nitrogens with zero attached hydrogens (tertiary/aromatic N) is 2. The topological polar surface area (TPSA) is 65.3 Å². The van der Waals surface area contributed by atoms with Crippen LogP contribution < -0.4 is 4.74 Å². The van der Waals surface area contributed by atoms with Gasteiger partial charge in [0.25, 0.3) is 5.19 Å². The third-order valence-electron chi connectivity index (χ3n) is 2.00. The van der Waals surface area contributed by atoms with Gasteiger partial charge in [-0.25, -0.2) is 4.98 Å². The largest absolute Gasteiger partial charge is 0.430 e. The summed E-state index contributed by atoms with van der Waals surface area (Å²) in [5.74, 6) is 0.628. The van der Waals surface area contributed by atoms with Crippen LogP contribution in [0.4, 0.5) is 5.00 Å². The summed E-state index contributed by atoms with van der Waals surface area (Å²) in [6.45, 7) is 1.89. The van der Waals surface area contributed by atoms with Gasteiger partial charge in [-0.2, -0.15) is 0 Å². The van der Waals surface area contributed by atoms with Gasteiger partial charge in [-0.1, -0.05) is 22.0 Å². The molecule has 0 aliphatic carbocycles. The average Bonchev–Trinajstić information content (AvgIpc) is 2.72. The lowest BCUT2D eigenvalue weighted by atomic mass is 10.2. The van der Waals surface area contributed by atoms with Gasteiger partial charge in [0.15, 0.2) is 0 Å². The van der Waals surface area contributed by atoms with Gasteiger partial charge in [0.05, 0.1) is 4.92 Å². The Morgan fingerprint density at radius 3 is 2.94 bits per heavy atom. The number of aromatic nitrogens is 1. The molecule has 0 saturated heterocycles. The van der Waals surface area contributed by atoms with E-state index < -0.39 is 4.92 Å². The van der Waals surface area contributed by atoms with Gasteiger partial charge in [-0.15, -0.1) is 0 Å². The van der Waals surface area contributed by atoms with Crippen LogP contribution in [0.15, 0.2) is 28.9 Å². The van der Waals surface area contributed by atoms with E-state index in [1.54, 1.807) is 6.07 Å². The molecule has 0 saturated carbocycles. The molecule has 2 rings (SSSR count). The lowest BCUT2D eigenvalue weighted by molar-refractivity contribution is -0.380. The van der Waals surface area contributed by atoms with Crippen LogP contribution in [0.25, 0.3) is 0 Å². The van der Waals surface area contributed by atoms with Crippen LogP contribution in [0.1, 0.15) is 5.56 Å². The summed E-state index contributed by atoms with van der Waals surface area (Å²) in [6.07, 6.45) is 1.19. The summed E-state index contributed by atoms with van der Waals surface area (Å²) in [7, 11) is 0. The minimum absolute atomic E-state index is 0.0346. The Bertz CT molecular complexity index is 570. The van der Waals surface area contributed by atoms with Gasteiger partial charge < -0.3 is 4.74 Å². The predicted molar refractivity (Wildman–Crippen MR) is 67.7 cm³/mol. The number of halogens is 1. The van der Waals surface area contributed by atoms with Crippen LogP contribution in [-0.2, 0) is 0 Å². The van der Waals surface area contributed by atoms with Gasteiger partial charge in [0.1, 0.15) is 11.9 Å². The number of ether oxygens (including phenoxy) is 1. The van der Waals surface area contributed by atoms with Crippen LogP contribution in [0, 0.1) is 17.0 Å². The van der Waals surface area contributed by atoms with Crippen molar-refractivity contribution < 1.29 is 9.66 Å². The van der Waals surface area contributed by atoms with E-state index in [0.717, 1.165) is 21.4 Å². The summed E-state index contributed by atoms with van der Waals surface area (Å²) in [6, 6.07) is 5.58. The second-order valence-corrected chi connectivity index (χ2v) is 5.12. The van der Waals surface area contributed by atoms with Crippen molar-refractivity contribution in [3.05, 3.63) is 44.5 Å². The highest BCUT2D eigenvalue weighted by molar-refractivity contribution is 9.10. The number of benzene rings is 1. The number of nitro groups is 1. The Labute approximate surface area is 109 Å². The lowest BCUT2D eigenvalue weighted by Crippen LogP contribution is -1.86. The quantitative estimate of drug-likeness (QED) is 0.636. The molecule has 2 aromatic rings. The van der Waals surface area contributed by atoms with E-state index in [0.29, 0.717) is 5.75 Å². The number of thiazole rings is 1. The molecule has 0 unspecified atom stereocenters. The molecule has 0 aliphatic heterocycles. The number of aryl methyl sites for hydroxylation is 1. The number of rotatable bonds is 3. The molecule has 0 N–H and O–H groups in total. The predicted octanol–water partition coefficient (Wildman–Crippen LogP) is 3.91. The van der Waals surface area contributed by atoms with Crippen LogP contribution in [0.3, 0.4) is 0 Å². The highest BCUT2D eigenvalue weighted by atomic mass is 79.9. The maximum atomic E-state index is 10.5. The van der Waals surface area contributed by atoms with Crippen molar-refractivity contribution in [1.82, 2.24) is 4.98 Å². The van der Waals surface area contributed by atoms with E-state index in [9.17, 15) is 10.1 Å². The van der Waals surface area contributed by atoms with Crippen molar-refractivity contribution in [2.45, 2.75) is 6.92 Å². The summed E-state index contributed by atoms with van der Waals surface area (Å²) in [4.78, 5) is 13.9. The summed E-state index contributed by atoms with van der Waals surface area (Å²) in [5.41, 5.74) is 0.936. The lowest BCUT2D eigenvalue weighted by Gasteiger charge is -2.05. The molecule has 5 nitrogen and oxygen atoms in total. The highest BCUT2D eigenvalue weighted by Gasteiger charge is 2.13. The molecule has 17 heavy (non-hydrogen) atoms. The van der Waals surface area contributed by atoms with E-state index in [-0.39, 0.29) is 10.2 Å². The first-order valence-electron chi connectivity index (χ1n) is 4.60. The van der Waals surface area contributed by atoms with Crippen LogP contribution >= 0.6 is 27.3 Å². The zero-order valence-corrected chi connectivity index (χ0v) is 11.1. The minimum atomic E-state index is -0.488. The summed E-state index contributed by atoms with van der Waals surface area (Å²) < 4.78 is 6.37. The first kappa shape index (κ1) is 12.0. The molecule has 88 valence electrons. The second kappa shape index (κ2) is 4.80. The fraction of sp³-hybridized carbons (Fsp3) is 0.100. The van der Waals surface area contributed by atoms with E-state index in [2.05, 4.69) is 20.9 Å². The third kappa shape index (κ3) is 2.80. The smallest absolute Gasteiger partial charge is 0.347 e. The molecule has 7 heteroatoms. The molecule has 0 spiro atoms. The van der Waals surface area contributed by atoms with Crippen molar-refractivity contribution in [3.8, 4) is 10.9 Å².